The Bertz CT molecular complexity index is 407. The summed E-state index contributed by atoms with van der Waals surface area (Å²) in [6.07, 6.45) is 3.79. The molecule has 0 amide bonds. The molecule has 0 spiro atoms. The van der Waals surface area contributed by atoms with Crippen LogP contribution in [0.2, 0.25) is 0 Å². The van der Waals surface area contributed by atoms with Crippen molar-refractivity contribution in [2.75, 3.05) is 39.8 Å². The van der Waals surface area contributed by atoms with E-state index in [2.05, 4.69) is 49.3 Å². The van der Waals surface area contributed by atoms with E-state index in [0.29, 0.717) is 0 Å². The Kier molecular flexibility index (Phi) is 6.52. The highest BCUT2D eigenvalue weighted by molar-refractivity contribution is 5.32. The molecule has 1 saturated heterocycles. The number of nitrogens with one attached hydrogen (secondary N) is 1. The van der Waals surface area contributed by atoms with E-state index >= 15 is 0 Å². The van der Waals surface area contributed by atoms with E-state index < -0.39 is 0 Å². The van der Waals surface area contributed by atoms with Gasteiger partial charge in [0, 0.05) is 13.1 Å². The van der Waals surface area contributed by atoms with Gasteiger partial charge in [-0.25, -0.2) is 0 Å². The zero-order valence-corrected chi connectivity index (χ0v) is 13.8. The minimum Gasteiger partial charge on any atom is -0.494 e. The van der Waals surface area contributed by atoms with E-state index in [1.165, 1.54) is 43.6 Å². The normalized spacial score (nSPS) is 19.0. The van der Waals surface area contributed by atoms with Gasteiger partial charge >= 0.3 is 0 Å². The van der Waals surface area contributed by atoms with Gasteiger partial charge in [0.25, 0.3) is 0 Å². The number of aryl methyl sites for hydroxylation is 2. The second-order valence-electron chi connectivity index (χ2n) is 6.50. The summed E-state index contributed by atoms with van der Waals surface area (Å²) in [7, 11) is 2.23. The molecule has 21 heavy (non-hydrogen) atoms. The molecular formula is C18H30N2O. The van der Waals surface area contributed by atoms with Gasteiger partial charge in [-0.15, -0.1) is 0 Å². The molecule has 1 aliphatic heterocycles. The topological polar surface area (TPSA) is 24.5 Å². The summed E-state index contributed by atoms with van der Waals surface area (Å²) in [6, 6.07) is 6.41. The summed E-state index contributed by atoms with van der Waals surface area (Å²) in [4.78, 5) is 2.45. The van der Waals surface area contributed by atoms with Crippen molar-refractivity contribution >= 4 is 0 Å². The van der Waals surface area contributed by atoms with Gasteiger partial charge in [-0.3, -0.25) is 0 Å². The number of ether oxygens (including phenoxy) is 1. The van der Waals surface area contributed by atoms with Crippen LogP contribution in [0.1, 0.15) is 30.4 Å². The molecule has 3 heteroatoms. The molecule has 0 radical (unpaired) electrons. The number of hydrogen-bond acceptors (Lipinski definition) is 3. The maximum atomic E-state index is 5.87. The predicted octanol–water partition coefficient (Wildman–Crippen LogP) is 3.00. The van der Waals surface area contributed by atoms with Gasteiger partial charge in [0.05, 0.1) is 6.61 Å². The maximum Gasteiger partial charge on any atom is 0.119 e. The summed E-state index contributed by atoms with van der Waals surface area (Å²) in [5, 5.41) is 3.49. The molecule has 1 aromatic rings. The van der Waals surface area contributed by atoms with Gasteiger partial charge in [-0.1, -0.05) is 6.07 Å². The van der Waals surface area contributed by atoms with E-state index in [0.717, 1.165) is 31.2 Å². The molecule has 1 fully saturated rings. The van der Waals surface area contributed by atoms with Crippen LogP contribution >= 0.6 is 0 Å². The van der Waals surface area contributed by atoms with Crippen LogP contribution in [0.4, 0.5) is 0 Å². The second kappa shape index (κ2) is 8.40. The predicted molar refractivity (Wildman–Crippen MR) is 89.1 cm³/mol. The Hall–Kier alpha value is -1.06. The molecular weight excluding hydrogens is 260 g/mol. The van der Waals surface area contributed by atoms with Crippen molar-refractivity contribution < 1.29 is 4.74 Å². The molecule has 3 nitrogen and oxygen atoms in total. The van der Waals surface area contributed by atoms with Crippen LogP contribution < -0.4 is 10.1 Å². The summed E-state index contributed by atoms with van der Waals surface area (Å²) in [5.74, 6) is 1.83. The van der Waals surface area contributed by atoms with Crippen molar-refractivity contribution in [3.8, 4) is 5.75 Å². The minimum absolute atomic E-state index is 0.802. The Morgan fingerprint density at radius 2 is 2.00 bits per heavy atom. The zero-order chi connectivity index (χ0) is 15.1. The first-order valence-electron chi connectivity index (χ1n) is 8.24. The lowest BCUT2D eigenvalue weighted by molar-refractivity contribution is 0.220. The van der Waals surface area contributed by atoms with Crippen LogP contribution in [-0.2, 0) is 0 Å². The number of hydrogen-bond donors (Lipinski definition) is 1. The molecule has 2 rings (SSSR count). The van der Waals surface area contributed by atoms with Crippen LogP contribution in [0, 0.1) is 19.8 Å². The van der Waals surface area contributed by atoms with Crippen molar-refractivity contribution in [3.63, 3.8) is 0 Å². The van der Waals surface area contributed by atoms with Crippen LogP contribution in [0.25, 0.3) is 0 Å². The van der Waals surface area contributed by atoms with Gasteiger partial charge in [0.15, 0.2) is 0 Å². The van der Waals surface area contributed by atoms with Crippen molar-refractivity contribution in [3.05, 3.63) is 29.3 Å². The fourth-order valence-corrected chi connectivity index (χ4v) is 3.15. The Morgan fingerprint density at radius 3 is 2.67 bits per heavy atom. The third kappa shape index (κ3) is 6.06. The molecule has 1 N–H and O–H groups in total. The SMILES string of the molecule is Cc1cc(C)cc(OCCCN(C)CC2CCCNC2)c1. The standard InChI is InChI=1S/C18H30N2O/c1-15-10-16(2)12-18(11-15)21-9-5-8-20(3)14-17-6-4-7-19-13-17/h10-12,17,19H,4-9,13-14H2,1-3H3. The highest BCUT2D eigenvalue weighted by Gasteiger charge is 2.14. The summed E-state index contributed by atoms with van der Waals surface area (Å²) < 4.78 is 5.87. The van der Waals surface area contributed by atoms with E-state index in [1.54, 1.807) is 0 Å². The van der Waals surface area contributed by atoms with Crippen molar-refractivity contribution in [2.45, 2.75) is 33.1 Å². The van der Waals surface area contributed by atoms with Gasteiger partial charge in [-0.05, 0) is 82.4 Å². The average molecular weight is 290 g/mol. The van der Waals surface area contributed by atoms with Crippen molar-refractivity contribution in [2.24, 2.45) is 5.92 Å². The molecule has 0 bridgehead atoms. The maximum absolute atomic E-state index is 5.87. The monoisotopic (exact) mass is 290 g/mol. The van der Waals surface area contributed by atoms with Crippen molar-refractivity contribution in [1.29, 1.82) is 0 Å². The number of benzene rings is 1. The van der Waals surface area contributed by atoms with E-state index in [4.69, 9.17) is 4.74 Å². The third-order valence-corrected chi connectivity index (χ3v) is 4.12. The van der Waals surface area contributed by atoms with Gasteiger partial charge in [-0.2, -0.15) is 0 Å². The smallest absolute Gasteiger partial charge is 0.119 e. The first-order chi connectivity index (χ1) is 10.1. The highest BCUT2D eigenvalue weighted by atomic mass is 16.5. The first-order valence-corrected chi connectivity index (χ1v) is 8.24. The molecule has 118 valence electrons. The Balaban J connectivity index is 1.62. The zero-order valence-electron chi connectivity index (χ0n) is 13.8. The molecule has 0 aliphatic carbocycles. The van der Waals surface area contributed by atoms with E-state index in [9.17, 15) is 0 Å². The van der Waals surface area contributed by atoms with Crippen molar-refractivity contribution in [1.82, 2.24) is 10.2 Å². The number of rotatable bonds is 7. The van der Waals surface area contributed by atoms with E-state index in [-0.39, 0.29) is 0 Å². The van der Waals surface area contributed by atoms with Crippen LogP contribution in [0.15, 0.2) is 18.2 Å². The lowest BCUT2D eigenvalue weighted by Crippen LogP contribution is -2.37. The minimum atomic E-state index is 0.802. The van der Waals surface area contributed by atoms with Crippen LogP contribution in [0.5, 0.6) is 5.75 Å². The van der Waals surface area contributed by atoms with Crippen LogP contribution in [-0.4, -0.2) is 44.7 Å². The van der Waals surface area contributed by atoms with E-state index in [1.807, 2.05) is 0 Å². The number of piperidine rings is 1. The summed E-state index contributed by atoms with van der Waals surface area (Å²) in [5.41, 5.74) is 2.54. The number of nitrogens with zero attached hydrogens (tertiary/aromatic N) is 1. The highest BCUT2D eigenvalue weighted by Crippen LogP contribution is 2.16. The molecule has 0 aromatic heterocycles. The average Bonchev–Trinajstić information content (AvgIpc) is 2.44. The Morgan fingerprint density at radius 1 is 1.24 bits per heavy atom. The molecule has 0 saturated carbocycles. The van der Waals surface area contributed by atoms with Crippen LogP contribution in [0.3, 0.4) is 0 Å². The third-order valence-electron chi connectivity index (χ3n) is 4.12. The lowest BCUT2D eigenvalue weighted by atomic mass is 9.99. The van der Waals surface area contributed by atoms with Gasteiger partial charge in [0.1, 0.15) is 5.75 Å². The largest absolute Gasteiger partial charge is 0.494 e. The second-order valence-corrected chi connectivity index (χ2v) is 6.50. The molecule has 1 heterocycles. The first kappa shape index (κ1) is 16.3. The lowest BCUT2D eigenvalue weighted by Gasteiger charge is -2.27. The quantitative estimate of drug-likeness (QED) is 0.781. The fourth-order valence-electron chi connectivity index (χ4n) is 3.15. The molecule has 1 atom stereocenters. The fraction of sp³-hybridized carbons (Fsp3) is 0.667. The Labute approximate surface area is 129 Å². The molecule has 1 unspecified atom stereocenters. The molecule has 1 aliphatic rings. The molecule has 1 aromatic carbocycles. The summed E-state index contributed by atoms with van der Waals surface area (Å²) in [6.45, 7) is 9.74. The van der Waals surface area contributed by atoms with Gasteiger partial charge < -0.3 is 15.0 Å². The van der Waals surface area contributed by atoms with Gasteiger partial charge in [0.2, 0.25) is 0 Å². The summed E-state index contributed by atoms with van der Waals surface area (Å²) >= 11 is 0.